The first-order chi connectivity index (χ1) is 10.6. The molecule has 0 heterocycles. The predicted octanol–water partition coefficient (Wildman–Crippen LogP) is 3.30. The lowest BCUT2D eigenvalue weighted by Crippen LogP contribution is -2.21. The van der Waals surface area contributed by atoms with E-state index in [0.29, 0.717) is 5.75 Å². The van der Waals surface area contributed by atoms with Crippen molar-refractivity contribution in [2.45, 2.75) is 19.4 Å². The monoisotopic (exact) mass is 301 g/mol. The average Bonchev–Trinajstić information content (AvgIpc) is 2.54. The van der Waals surface area contributed by atoms with Crippen molar-refractivity contribution in [2.24, 2.45) is 0 Å². The molecule has 0 aliphatic rings. The maximum Gasteiger partial charge on any atom is 0.160 e. The molecular weight excluding hydrogens is 278 g/mol. The molecule has 0 fully saturated rings. The van der Waals surface area contributed by atoms with Gasteiger partial charge in [0, 0.05) is 6.04 Å². The van der Waals surface area contributed by atoms with Crippen LogP contribution in [0.1, 0.15) is 24.1 Å². The summed E-state index contributed by atoms with van der Waals surface area (Å²) in [5.74, 6) is 1.79. The molecule has 1 atom stereocenters. The molecule has 118 valence electrons. The number of benzene rings is 2. The third-order valence-electron chi connectivity index (χ3n) is 3.68. The molecule has 0 saturated heterocycles. The van der Waals surface area contributed by atoms with Crippen LogP contribution in [0.2, 0.25) is 0 Å². The van der Waals surface area contributed by atoms with Crippen molar-refractivity contribution in [1.29, 1.82) is 0 Å². The van der Waals surface area contributed by atoms with Gasteiger partial charge in [0.25, 0.3) is 0 Å². The minimum Gasteiger partial charge on any atom is -0.508 e. The first-order valence-electron chi connectivity index (χ1n) is 7.37. The standard InChI is InChI=1S/C18H23NO3/c1-13(15-5-4-6-16(20)12-15)19-10-9-14-7-8-17(21-2)18(11-14)22-3/h4-8,11-13,19-20H,9-10H2,1-3H3/t13-/m0/s1. The second-order valence-electron chi connectivity index (χ2n) is 5.21. The van der Waals surface area contributed by atoms with E-state index in [9.17, 15) is 5.11 Å². The Kier molecular flexibility index (Phi) is 5.67. The Morgan fingerprint density at radius 2 is 1.82 bits per heavy atom. The van der Waals surface area contributed by atoms with Crippen LogP contribution in [0.15, 0.2) is 42.5 Å². The van der Waals surface area contributed by atoms with Crippen molar-refractivity contribution in [1.82, 2.24) is 5.32 Å². The Balaban J connectivity index is 1.91. The zero-order valence-electron chi connectivity index (χ0n) is 13.3. The predicted molar refractivity (Wildman–Crippen MR) is 87.8 cm³/mol. The van der Waals surface area contributed by atoms with E-state index in [1.807, 2.05) is 30.3 Å². The number of phenolic OH excluding ortho intramolecular Hbond substituents is 1. The van der Waals surface area contributed by atoms with Crippen LogP contribution < -0.4 is 14.8 Å². The minimum absolute atomic E-state index is 0.187. The fourth-order valence-electron chi connectivity index (χ4n) is 2.38. The van der Waals surface area contributed by atoms with Gasteiger partial charge in [-0.1, -0.05) is 18.2 Å². The van der Waals surface area contributed by atoms with Gasteiger partial charge in [0.2, 0.25) is 0 Å². The summed E-state index contributed by atoms with van der Waals surface area (Å²) >= 11 is 0. The van der Waals surface area contributed by atoms with Gasteiger partial charge < -0.3 is 19.9 Å². The van der Waals surface area contributed by atoms with Crippen LogP contribution in [0, 0.1) is 0 Å². The molecule has 0 unspecified atom stereocenters. The highest BCUT2D eigenvalue weighted by molar-refractivity contribution is 5.43. The molecule has 0 bridgehead atoms. The SMILES string of the molecule is COc1ccc(CCN[C@@H](C)c2cccc(O)c2)cc1OC. The van der Waals surface area contributed by atoms with Crippen molar-refractivity contribution in [3.8, 4) is 17.2 Å². The van der Waals surface area contributed by atoms with Gasteiger partial charge in [-0.15, -0.1) is 0 Å². The average molecular weight is 301 g/mol. The summed E-state index contributed by atoms with van der Waals surface area (Å²) in [6, 6.07) is 13.5. The van der Waals surface area contributed by atoms with Gasteiger partial charge in [0.15, 0.2) is 11.5 Å². The highest BCUT2D eigenvalue weighted by atomic mass is 16.5. The van der Waals surface area contributed by atoms with Crippen LogP contribution in [-0.4, -0.2) is 25.9 Å². The quantitative estimate of drug-likeness (QED) is 0.824. The van der Waals surface area contributed by atoms with Gasteiger partial charge in [0.1, 0.15) is 5.75 Å². The van der Waals surface area contributed by atoms with Gasteiger partial charge >= 0.3 is 0 Å². The molecule has 0 aromatic heterocycles. The van der Waals surface area contributed by atoms with E-state index in [4.69, 9.17) is 9.47 Å². The van der Waals surface area contributed by atoms with Crippen molar-refractivity contribution >= 4 is 0 Å². The molecule has 4 nitrogen and oxygen atoms in total. The van der Waals surface area contributed by atoms with E-state index in [2.05, 4.69) is 12.2 Å². The van der Waals surface area contributed by atoms with E-state index < -0.39 is 0 Å². The van der Waals surface area contributed by atoms with Crippen LogP contribution in [0.3, 0.4) is 0 Å². The summed E-state index contributed by atoms with van der Waals surface area (Å²) in [5, 5.41) is 13.0. The number of methoxy groups -OCH3 is 2. The van der Waals surface area contributed by atoms with Gasteiger partial charge in [-0.25, -0.2) is 0 Å². The smallest absolute Gasteiger partial charge is 0.160 e. The number of ether oxygens (including phenoxy) is 2. The largest absolute Gasteiger partial charge is 0.508 e. The zero-order chi connectivity index (χ0) is 15.9. The van der Waals surface area contributed by atoms with Gasteiger partial charge in [-0.3, -0.25) is 0 Å². The second-order valence-corrected chi connectivity index (χ2v) is 5.21. The third-order valence-corrected chi connectivity index (χ3v) is 3.68. The molecule has 0 radical (unpaired) electrons. The highest BCUT2D eigenvalue weighted by Crippen LogP contribution is 2.27. The molecule has 2 aromatic carbocycles. The Hall–Kier alpha value is -2.20. The van der Waals surface area contributed by atoms with Crippen molar-refractivity contribution in [3.63, 3.8) is 0 Å². The summed E-state index contributed by atoms with van der Waals surface area (Å²) < 4.78 is 10.6. The van der Waals surface area contributed by atoms with Crippen LogP contribution in [-0.2, 0) is 6.42 Å². The molecule has 2 rings (SSSR count). The number of hydrogen-bond acceptors (Lipinski definition) is 4. The van der Waals surface area contributed by atoms with Crippen molar-refractivity contribution in [3.05, 3.63) is 53.6 Å². The fraction of sp³-hybridized carbons (Fsp3) is 0.333. The van der Waals surface area contributed by atoms with Gasteiger partial charge in [-0.05, 0) is 55.3 Å². The minimum atomic E-state index is 0.187. The molecular formula is C18H23NO3. The fourth-order valence-corrected chi connectivity index (χ4v) is 2.38. The van der Waals surface area contributed by atoms with Crippen LogP contribution in [0.5, 0.6) is 17.2 Å². The number of hydrogen-bond donors (Lipinski definition) is 2. The maximum atomic E-state index is 9.52. The lowest BCUT2D eigenvalue weighted by molar-refractivity contribution is 0.354. The van der Waals surface area contributed by atoms with Crippen LogP contribution in [0.4, 0.5) is 0 Å². The molecule has 0 amide bonds. The number of rotatable bonds is 7. The molecule has 2 aromatic rings. The maximum absolute atomic E-state index is 9.52. The zero-order valence-corrected chi connectivity index (χ0v) is 13.3. The van der Waals surface area contributed by atoms with Crippen LogP contribution in [0.25, 0.3) is 0 Å². The van der Waals surface area contributed by atoms with E-state index >= 15 is 0 Å². The number of aromatic hydroxyl groups is 1. The lowest BCUT2D eigenvalue weighted by atomic mass is 10.1. The Labute approximate surface area is 131 Å². The lowest BCUT2D eigenvalue weighted by Gasteiger charge is -2.15. The van der Waals surface area contributed by atoms with E-state index in [1.165, 1.54) is 5.56 Å². The first-order valence-corrected chi connectivity index (χ1v) is 7.37. The van der Waals surface area contributed by atoms with E-state index in [-0.39, 0.29) is 6.04 Å². The Morgan fingerprint density at radius 3 is 2.50 bits per heavy atom. The highest BCUT2D eigenvalue weighted by Gasteiger charge is 2.07. The van der Waals surface area contributed by atoms with Crippen LogP contribution >= 0.6 is 0 Å². The molecule has 0 aliphatic heterocycles. The summed E-state index contributed by atoms with van der Waals surface area (Å²) in [7, 11) is 3.28. The third kappa shape index (κ3) is 4.15. The Morgan fingerprint density at radius 1 is 1.05 bits per heavy atom. The summed E-state index contributed by atoms with van der Waals surface area (Å²) in [6.07, 6.45) is 0.892. The van der Waals surface area contributed by atoms with Gasteiger partial charge in [-0.2, -0.15) is 0 Å². The molecule has 0 aliphatic carbocycles. The first kappa shape index (κ1) is 16.2. The summed E-state index contributed by atoms with van der Waals surface area (Å²) in [4.78, 5) is 0. The van der Waals surface area contributed by atoms with Crippen molar-refractivity contribution < 1.29 is 14.6 Å². The molecule has 0 saturated carbocycles. The normalized spacial score (nSPS) is 12.0. The molecule has 2 N–H and O–H groups in total. The van der Waals surface area contributed by atoms with Gasteiger partial charge in [0.05, 0.1) is 14.2 Å². The molecule has 4 heteroatoms. The number of nitrogens with one attached hydrogen (secondary N) is 1. The molecule has 22 heavy (non-hydrogen) atoms. The van der Waals surface area contributed by atoms with E-state index in [1.54, 1.807) is 26.4 Å². The van der Waals surface area contributed by atoms with Crippen molar-refractivity contribution in [2.75, 3.05) is 20.8 Å². The van der Waals surface area contributed by atoms with E-state index in [0.717, 1.165) is 30.0 Å². The summed E-state index contributed by atoms with van der Waals surface area (Å²) in [5.41, 5.74) is 2.26. The Bertz CT molecular complexity index is 613. The summed E-state index contributed by atoms with van der Waals surface area (Å²) in [6.45, 7) is 2.93. The second kappa shape index (κ2) is 7.71. The molecule has 0 spiro atoms. The topological polar surface area (TPSA) is 50.7 Å². The number of phenols is 1.